The van der Waals surface area contributed by atoms with Crippen LogP contribution in [0.1, 0.15) is 31.7 Å². The van der Waals surface area contributed by atoms with Crippen LogP contribution < -0.4 is 5.32 Å². The molecule has 1 aromatic carbocycles. The number of carbonyl (C=O) groups is 1. The predicted molar refractivity (Wildman–Crippen MR) is 105 cm³/mol. The van der Waals surface area contributed by atoms with Gasteiger partial charge >= 0.3 is 5.97 Å². The van der Waals surface area contributed by atoms with Gasteiger partial charge in [-0.1, -0.05) is 35.0 Å². The lowest BCUT2D eigenvalue weighted by Crippen LogP contribution is -2.58. The maximum absolute atomic E-state index is 12.8. The van der Waals surface area contributed by atoms with Gasteiger partial charge in [0, 0.05) is 40.4 Å². The lowest BCUT2D eigenvalue weighted by atomic mass is 9.55. The van der Waals surface area contributed by atoms with Gasteiger partial charge in [0.1, 0.15) is 0 Å². The Morgan fingerprint density at radius 2 is 2.31 bits per heavy atom. The van der Waals surface area contributed by atoms with E-state index in [9.17, 15) is 4.79 Å². The fourth-order valence-corrected chi connectivity index (χ4v) is 6.39. The lowest BCUT2D eigenvalue weighted by molar-refractivity contribution is -0.137. The van der Waals surface area contributed by atoms with Crippen molar-refractivity contribution in [2.75, 3.05) is 25.5 Å². The normalized spacial score (nSPS) is 34.2. The molecule has 1 saturated heterocycles. The zero-order valence-electron chi connectivity index (χ0n) is 15.1. The van der Waals surface area contributed by atoms with Crippen molar-refractivity contribution in [1.82, 2.24) is 4.90 Å². The van der Waals surface area contributed by atoms with E-state index < -0.39 is 0 Å². The van der Waals surface area contributed by atoms with E-state index in [2.05, 4.69) is 63.4 Å². The monoisotopic (exact) mass is 414 g/mol. The van der Waals surface area contributed by atoms with E-state index in [0.29, 0.717) is 6.04 Å². The second-order valence-electron chi connectivity index (χ2n) is 7.94. The number of methoxy groups -OCH3 is 1. The van der Waals surface area contributed by atoms with E-state index in [1.54, 1.807) is 0 Å². The molecule has 0 unspecified atom stereocenters. The predicted octanol–water partition coefficient (Wildman–Crippen LogP) is 3.98. The van der Waals surface area contributed by atoms with Crippen molar-refractivity contribution in [3.05, 3.63) is 51.7 Å². The minimum absolute atomic E-state index is 0.0205. The van der Waals surface area contributed by atoms with Crippen LogP contribution in [0.5, 0.6) is 0 Å². The number of ether oxygens (including phenoxy) is 1. The van der Waals surface area contributed by atoms with E-state index in [4.69, 9.17) is 4.74 Å². The largest absolute Gasteiger partial charge is 0.466 e. The Bertz CT molecular complexity index is 877. The Morgan fingerprint density at radius 3 is 3.08 bits per heavy atom. The molecule has 0 radical (unpaired) electrons. The topological polar surface area (TPSA) is 41.6 Å². The number of halogens is 1. The molecule has 4 aliphatic rings. The second kappa shape index (κ2) is 5.46. The highest BCUT2D eigenvalue weighted by Crippen LogP contribution is 2.64. The molecule has 136 valence electrons. The number of nitrogens with zero attached hydrogens (tertiary/aromatic N) is 1. The summed E-state index contributed by atoms with van der Waals surface area (Å²) >= 11 is 3.66. The fraction of sp³-hybridized carbons (Fsp3) is 0.476. The first-order valence-electron chi connectivity index (χ1n) is 9.36. The second-order valence-corrected chi connectivity index (χ2v) is 8.86. The first-order valence-corrected chi connectivity index (χ1v) is 10.2. The van der Waals surface area contributed by atoms with Crippen molar-refractivity contribution in [1.29, 1.82) is 0 Å². The van der Waals surface area contributed by atoms with Crippen molar-refractivity contribution >= 4 is 27.6 Å². The van der Waals surface area contributed by atoms with E-state index in [0.717, 1.165) is 53.8 Å². The highest BCUT2D eigenvalue weighted by Gasteiger charge is 2.65. The Labute approximate surface area is 162 Å². The maximum atomic E-state index is 12.8. The Hall–Kier alpha value is -1.59. The van der Waals surface area contributed by atoms with Crippen molar-refractivity contribution in [2.24, 2.45) is 5.41 Å². The summed E-state index contributed by atoms with van der Waals surface area (Å²) in [6.45, 7) is 4.31. The molecule has 3 aliphatic heterocycles. The Morgan fingerprint density at radius 1 is 1.46 bits per heavy atom. The van der Waals surface area contributed by atoms with E-state index in [1.807, 2.05) is 0 Å². The highest BCUT2D eigenvalue weighted by molar-refractivity contribution is 9.10. The van der Waals surface area contributed by atoms with Gasteiger partial charge in [0.2, 0.25) is 0 Å². The van der Waals surface area contributed by atoms with Crippen LogP contribution in [0, 0.1) is 5.41 Å². The molecule has 5 heteroatoms. The first kappa shape index (κ1) is 16.6. The number of anilines is 1. The van der Waals surface area contributed by atoms with Crippen LogP contribution in [0.2, 0.25) is 0 Å². The third kappa shape index (κ3) is 1.86. The van der Waals surface area contributed by atoms with Gasteiger partial charge in [0.25, 0.3) is 0 Å². The number of benzene rings is 1. The summed E-state index contributed by atoms with van der Waals surface area (Å²) in [6.07, 6.45) is 7.48. The summed E-state index contributed by atoms with van der Waals surface area (Å²) in [5.41, 5.74) is 4.20. The maximum Gasteiger partial charge on any atom is 0.335 e. The molecule has 1 aromatic rings. The lowest BCUT2D eigenvalue weighted by Gasteiger charge is -2.53. The van der Waals surface area contributed by atoms with Crippen molar-refractivity contribution in [3.63, 3.8) is 0 Å². The molecule has 0 amide bonds. The molecule has 3 heterocycles. The summed E-state index contributed by atoms with van der Waals surface area (Å²) in [6, 6.07) is 6.83. The average Bonchev–Trinajstić information content (AvgIpc) is 3.21. The van der Waals surface area contributed by atoms with Crippen LogP contribution in [0.4, 0.5) is 5.69 Å². The zero-order chi connectivity index (χ0) is 18.1. The molecule has 4 nitrogen and oxygen atoms in total. The molecular weight excluding hydrogens is 392 g/mol. The van der Waals surface area contributed by atoms with E-state index in [1.165, 1.54) is 12.7 Å². The third-order valence-electron chi connectivity index (χ3n) is 7.03. The molecule has 5 rings (SSSR count). The van der Waals surface area contributed by atoms with Gasteiger partial charge in [-0.3, -0.25) is 4.90 Å². The van der Waals surface area contributed by atoms with Crippen LogP contribution in [-0.2, 0) is 14.9 Å². The van der Waals surface area contributed by atoms with Gasteiger partial charge in [0.05, 0.1) is 18.1 Å². The van der Waals surface area contributed by atoms with Crippen LogP contribution in [0.15, 0.2) is 46.1 Å². The number of esters is 1. The number of carbonyl (C=O) groups excluding carboxylic acids is 1. The van der Waals surface area contributed by atoms with Crippen LogP contribution in [0.3, 0.4) is 0 Å². The molecule has 0 bridgehead atoms. The molecular formula is C21H23BrN2O2. The summed E-state index contributed by atoms with van der Waals surface area (Å²) in [5.74, 6) is -0.192. The van der Waals surface area contributed by atoms with Gasteiger partial charge < -0.3 is 10.1 Å². The number of fused-ring (bicyclic) bond motifs is 1. The van der Waals surface area contributed by atoms with Crippen molar-refractivity contribution < 1.29 is 9.53 Å². The smallest absolute Gasteiger partial charge is 0.335 e. The molecule has 1 aliphatic carbocycles. The fourth-order valence-electron chi connectivity index (χ4n) is 6.03. The quantitative estimate of drug-likeness (QED) is 0.586. The summed E-state index contributed by atoms with van der Waals surface area (Å²) < 4.78 is 6.30. The summed E-state index contributed by atoms with van der Waals surface area (Å²) in [4.78, 5) is 15.4. The summed E-state index contributed by atoms with van der Waals surface area (Å²) in [5, 5.41) is 3.63. The zero-order valence-corrected chi connectivity index (χ0v) is 16.7. The molecule has 1 N–H and O–H groups in total. The van der Waals surface area contributed by atoms with Crippen LogP contribution >= 0.6 is 15.9 Å². The number of rotatable bonds is 2. The molecule has 26 heavy (non-hydrogen) atoms. The molecule has 1 spiro atoms. The van der Waals surface area contributed by atoms with Gasteiger partial charge in [-0.25, -0.2) is 4.79 Å². The standard InChI is InChI=1S/C21H23BrN2O2/c1-3-20-7-4-9-24-10-8-21(19(20)24)15-11-13(22)5-6-16(15)23-17(21)14(12-20)18(25)26-2/h4-7,11,19,23H,3,8-10,12H2,1-2H3/t19-,20-,21-/m0/s1. The van der Waals surface area contributed by atoms with E-state index in [-0.39, 0.29) is 16.8 Å². The first-order chi connectivity index (χ1) is 12.6. The minimum atomic E-state index is -0.192. The van der Waals surface area contributed by atoms with E-state index >= 15 is 0 Å². The number of hydrogen-bond donors (Lipinski definition) is 1. The molecule has 0 aromatic heterocycles. The Balaban J connectivity index is 1.84. The van der Waals surface area contributed by atoms with Gasteiger partial charge in [-0.05, 0) is 43.0 Å². The highest BCUT2D eigenvalue weighted by atomic mass is 79.9. The summed E-state index contributed by atoms with van der Waals surface area (Å²) in [7, 11) is 1.49. The molecule has 3 atom stereocenters. The SMILES string of the molecule is CC[C@]12C=CCN3CC[C@]4(C(=C(C(=O)OC)C1)Nc1ccc(Br)cc14)[C@@H]32. The van der Waals surface area contributed by atoms with Gasteiger partial charge in [0.15, 0.2) is 0 Å². The number of hydrogen-bond acceptors (Lipinski definition) is 4. The van der Waals surface area contributed by atoms with Crippen molar-refractivity contribution in [3.8, 4) is 0 Å². The van der Waals surface area contributed by atoms with Gasteiger partial charge in [-0.2, -0.15) is 0 Å². The van der Waals surface area contributed by atoms with Crippen molar-refractivity contribution in [2.45, 2.75) is 37.6 Å². The number of nitrogens with one attached hydrogen (secondary N) is 1. The average molecular weight is 415 g/mol. The van der Waals surface area contributed by atoms with Crippen LogP contribution in [-0.4, -0.2) is 37.1 Å². The molecule has 1 fully saturated rings. The van der Waals surface area contributed by atoms with Gasteiger partial charge in [-0.15, -0.1) is 0 Å². The molecule has 0 saturated carbocycles. The Kier molecular flexibility index (Phi) is 3.48. The minimum Gasteiger partial charge on any atom is -0.466 e. The third-order valence-corrected chi connectivity index (χ3v) is 7.52. The van der Waals surface area contributed by atoms with Crippen LogP contribution in [0.25, 0.3) is 0 Å².